The summed E-state index contributed by atoms with van der Waals surface area (Å²) >= 11 is -0.550. The number of ether oxygens (including phenoxy) is 2. The quantitative estimate of drug-likeness (QED) is 0.119. The third-order valence-electron chi connectivity index (χ3n) is 8.52. The molecule has 0 spiro atoms. The van der Waals surface area contributed by atoms with Gasteiger partial charge < -0.3 is 0 Å². The third-order valence-corrected chi connectivity index (χ3v) is 29.6. The fourth-order valence-corrected chi connectivity index (χ4v) is 18.2. The molecule has 2 atom stereocenters. The molecule has 3 aromatic rings. The second kappa shape index (κ2) is 16.2. The molecule has 0 radical (unpaired) electrons. The molecular formula is C36H62O2S2Sn2. The Morgan fingerprint density at radius 1 is 0.548 bits per heavy atom. The van der Waals surface area contributed by atoms with Crippen molar-refractivity contribution in [3.05, 3.63) is 12.1 Å². The number of hydrogen-bond donors (Lipinski definition) is 0. The average molecular weight is 828 g/mol. The summed E-state index contributed by atoms with van der Waals surface area (Å²) in [5.41, 5.74) is 0. The van der Waals surface area contributed by atoms with Crippen LogP contribution in [0, 0.1) is 23.7 Å². The van der Waals surface area contributed by atoms with E-state index in [1.165, 1.54) is 58.7 Å². The predicted octanol–water partition coefficient (Wildman–Crippen LogP) is 11.7. The van der Waals surface area contributed by atoms with Gasteiger partial charge in [-0.1, -0.05) is 27.7 Å². The van der Waals surface area contributed by atoms with Crippen LogP contribution in [-0.4, -0.2) is 50.0 Å². The number of thiophene rings is 2. The molecule has 0 aliphatic carbocycles. The first-order valence-corrected chi connectivity index (χ1v) is 38.5. The van der Waals surface area contributed by atoms with E-state index in [-0.39, 0.29) is 0 Å². The Hall–Kier alpha value is 0.337. The van der Waals surface area contributed by atoms with Crippen molar-refractivity contribution in [1.82, 2.24) is 0 Å². The first-order chi connectivity index (χ1) is 19.6. The second-order valence-corrected chi connectivity index (χ2v) is 48.9. The van der Waals surface area contributed by atoms with Crippen LogP contribution in [0.2, 0.25) is 29.6 Å². The van der Waals surface area contributed by atoms with E-state index in [0.717, 1.165) is 49.4 Å². The van der Waals surface area contributed by atoms with Gasteiger partial charge in [-0.2, -0.15) is 0 Å². The van der Waals surface area contributed by atoms with E-state index in [1.807, 2.05) is 22.7 Å². The van der Waals surface area contributed by atoms with Gasteiger partial charge >= 0.3 is 250 Å². The minimum atomic E-state index is -2.29. The van der Waals surface area contributed by atoms with Crippen molar-refractivity contribution in [2.45, 2.75) is 123 Å². The molecule has 2 heterocycles. The minimum absolute atomic E-state index is 0.702. The molecule has 2 aromatic heterocycles. The van der Waals surface area contributed by atoms with Crippen molar-refractivity contribution >= 4 is 85.4 Å². The molecule has 0 saturated heterocycles. The zero-order valence-electron chi connectivity index (χ0n) is 29.2. The summed E-state index contributed by atoms with van der Waals surface area (Å²) in [5, 5.41) is 2.64. The van der Waals surface area contributed by atoms with Crippen LogP contribution in [0.5, 0.6) is 11.5 Å². The molecule has 0 bridgehead atoms. The molecule has 0 aliphatic rings. The second-order valence-electron chi connectivity index (χ2n) is 16.0. The van der Waals surface area contributed by atoms with Gasteiger partial charge in [0.1, 0.15) is 0 Å². The molecule has 0 fully saturated rings. The Kier molecular flexibility index (Phi) is 14.2. The summed E-state index contributed by atoms with van der Waals surface area (Å²) in [6, 6.07) is 5.02. The summed E-state index contributed by atoms with van der Waals surface area (Å²) < 4.78 is 19.6. The van der Waals surface area contributed by atoms with Gasteiger partial charge in [0.25, 0.3) is 0 Å². The SMILES string of the molecule is CC(C)CCCC(C)CCOc1c2c[c]([Sn]([CH3])([CH3])[CH3])sc2c(OCCC(C)CCCC(C)C)c2c[c]([Sn]([CH3])([CH3])[CH3])sc12. The summed E-state index contributed by atoms with van der Waals surface area (Å²) in [6.45, 7) is 15.8. The van der Waals surface area contributed by atoms with E-state index >= 15 is 0 Å². The summed E-state index contributed by atoms with van der Waals surface area (Å²) in [5.74, 6) is 5.29. The third kappa shape index (κ3) is 10.7. The van der Waals surface area contributed by atoms with E-state index in [2.05, 4.69) is 83.3 Å². The van der Waals surface area contributed by atoms with Crippen molar-refractivity contribution in [3.8, 4) is 11.5 Å². The van der Waals surface area contributed by atoms with Gasteiger partial charge in [-0.3, -0.25) is 0 Å². The van der Waals surface area contributed by atoms with E-state index in [4.69, 9.17) is 9.47 Å². The molecule has 238 valence electrons. The molecule has 42 heavy (non-hydrogen) atoms. The molecule has 0 aliphatic heterocycles. The van der Waals surface area contributed by atoms with Gasteiger partial charge in [-0.25, -0.2) is 0 Å². The Morgan fingerprint density at radius 2 is 0.905 bits per heavy atom. The van der Waals surface area contributed by atoms with Gasteiger partial charge in [-0.05, 0) is 0 Å². The molecule has 1 aromatic carbocycles. The Bertz CT molecular complexity index is 1110. The van der Waals surface area contributed by atoms with Crippen molar-refractivity contribution in [1.29, 1.82) is 0 Å². The van der Waals surface area contributed by atoms with Crippen LogP contribution in [0.1, 0.15) is 92.9 Å². The van der Waals surface area contributed by atoms with Gasteiger partial charge in [0.15, 0.2) is 0 Å². The van der Waals surface area contributed by atoms with E-state index < -0.39 is 36.8 Å². The van der Waals surface area contributed by atoms with Gasteiger partial charge in [0.05, 0.1) is 0 Å². The topological polar surface area (TPSA) is 18.5 Å². The molecule has 0 amide bonds. The van der Waals surface area contributed by atoms with Gasteiger partial charge in [0, 0.05) is 0 Å². The van der Waals surface area contributed by atoms with Crippen LogP contribution in [0.3, 0.4) is 0 Å². The van der Waals surface area contributed by atoms with Crippen molar-refractivity contribution in [2.75, 3.05) is 13.2 Å². The molecule has 6 heteroatoms. The Morgan fingerprint density at radius 3 is 1.21 bits per heavy atom. The average Bonchev–Trinajstić information content (AvgIpc) is 3.50. The van der Waals surface area contributed by atoms with Crippen LogP contribution < -0.4 is 15.3 Å². The predicted molar refractivity (Wildman–Crippen MR) is 199 cm³/mol. The number of fused-ring (bicyclic) bond motifs is 2. The molecule has 3 rings (SSSR count). The summed E-state index contributed by atoms with van der Waals surface area (Å²) in [6.07, 6.45) is 10.2. The fraction of sp³-hybridized carbons (Fsp3) is 0.722. The molecule has 0 N–H and O–H groups in total. The summed E-state index contributed by atoms with van der Waals surface area (Å²) in [7, 11) is 0. The molecule has 2 nitrogen and oxygen atoms in total. The van der Waals surface area contributed by atoms with Gasteiger partial charge in [-0.15, -0.1) is 0 Å². The maximum atomic E-state index is 6.85. The van der Waals surface area contributed by atoms with E-state index in [1.54, 1.807) is 5.79 Å². The van der Waals surface area contributed by atoms with Crippen molar-refractivity contribution in [3.63, 3.8) is 0 Å². The molecule has 2 unspecified atom stereocenters. The molecule has 0 saturated carbocycles. The zero-order valence-corrected chi connectivity index (χ0v) is 36.5. The van der Waals surface area contributed by atoms with Crippen LogP contribution in [0.4, 0.5) is 0 Å². The van der Waals surface area contributed by atoms with Crippen LogP contribution in [0.25, 0.3) is 20.2 Å². The van der Waals surface area contributed by atoms with Gasteiger partial charge in [0.2, 0.25) is 0 Å². The first kappa shape index (κ1) is 36.8. The van der Waals surface area contributed by atoms with Crippen LogP contribution in [-0.2, 0) is 0 Å². The van der Waals surface area contributed by atoms with E-state index in [0.29, 0.717) is 11.8 Å². The van der Waals surface area contributed by atoms with Crippen molar-refractivity contribution < 1.29 is 9.47 Å². The first-order valence-electron chi connectivity index (χ1n) is 16.9. The van der Waals surface area contributed by atoms with Crippen molar-refractivity contribution in [2.24, 2.45) is 23.7 Å². The fourth-order valence-electron chi connectivity index (χ4n) is 5.49. The monoisotopic (exact) mass is 830 g/mol. The Balaban J connectivity index is 1.95. The Labute approximate surface area is 275 Å². The van der Waals surface area contributed by atoms with Crippen LogP contribution >= 0.6 is 22.7 Å². The molecular weight excluding hydrogens is 766 g/mol. The number of rotatable bonds is 18. The number of hydrogen-bond acceptors (Lipinski definition) is 4. The van der Waals surface area contributed by atoms with Crippen LogP contribution in [0.15, 0.2) is 12.1 Å². The van der Waals surface area contributed by atoms with E-state index in [9.17, 15) is 0 Å². The zero-order chi connectivity index (χ0) is 31.2. The standard InChI is InChI=1S/C30H44O2S2.6CH3.2Sn/c1-21(2)9-7-11-23(5)13-17-31-27-25-15-19-34-30(25)28(26-16-20-33-29(26)27)32-18-14-24(6)12-8-10-22(3)4;;;;;;;;/h15-16,21-24H,7-14,17-18H2,1-6H3;6*1H3;;. The maximum absolute atomic E-state index is 6.85. The normalized spacial score (nSPS) is 14.4. The summed E-state index contributed by atoms with van der Waals surface area (Å²) in [4.78, 5) is 15.2. The number of benzene rings is 1.